The minimum absolute atomic E-state index is 0.121. The van der Waals surface area contributed by atoms with Gasteiger partial charge in [0.25, 0.3) is 15.0 Å². The van der Waals surface area contributed by atoms with Gasteiger partial charge in [-0.05, 0) is 54.2 Å². The van der Waals surface area contributed by atoms with Crippen LogP contribution in [0.3, 0.4) is 0 Å². The van der Waals surface area contributed by atoms with E-state index in [0.29, 0.717) is 0 Å². The summed E-state index contributed by atoms with van der Waals surface area (Å²) in [7, 11) is 1.35. The Balaban J connectivity index is 2.38. The van der Waals surface area contributed by atoms with E-state index >= 15 is 0 Å². The fraction of sp³-hybridized carbons (Fsp3) is 0.417. The summed E-state index contributed by atoms with van der Waals surface area (Å²) in [5.74, 6) is -0.358. The summed E-state index contributed by atoms with van der Waals surface area (Å²) >= 11 is 9.00. The first-order chi connectivity index (χ1) is 9.12. The van der Waals surface area contributed by atoms with Crippen molar-refractivity contribution in [1.29, 1.82) is 0 Å². The molecule has 0 heterocycles. The average molecular weight is 401 g/mol. The van der Waals surface area contributed by atoms with Crippen LogP contribution in [0.2, 0.25) is 5.02 Å². The first-order valence-corrected chi connectivity index (χ1v) is 9.37. The summed E-state index contributed by atoms with van der Waals surface area (Å²) in [5, 5.41) is 3.00. The fourth-order valence-corrected chi connectivity index (χ4v) is 4.43. The Morgan fingerprint density at radius 1 is 1.40 bits per heavy atom. The van der Waals surface area contributed by atoms with Gasteiger partial charge in [-0.2, -0.15) is 0 Å². The van der Waals surface area contributed by atoms with Gasteiger partial charge in [-0.25, -0.2) is 8.42 Å². The SMILES string of the molecule is CC1(NC(=O)c2cc(Cl)c(Br)c(S(=O)(=O)Cl)c2)CCC1. The Morgan fingerprint density at radius 2 is 2.00 bits per heavy atom. The number of carbonyl (C=O) groups excluding carboxylic acids is 1. The lowest BCUT2D eigenvalue weighted by Crippen LogP contribution is -2.50. The predicted octanol–water partition coefficient (Wildman–Crippen LogP) is 3.70. The van der Waals surface area contributed by atoms with Gasteiger partial charge in [0.05, 0.1) is 14.4 Å². The van der Waals surface area contributed by atoms with Crippen molar-refractivity contribution in [3.8, 4) is 0 Å². The van der Waals surface area contributed by atoms with E-state index in [1.165, 1.54) is 12.1 Å². The Labute approximate surface area is 135 Å². The van der Waals surface area contributed by atoms with Crippen LogP contribution in [0.15, 0.2) is 21.5 Å². The molecule has 0 aliphatic heterocycles. The number of hydrogen-bond donors (Lipinski definition) is 1. The van der Waals surface area contributed by atoms with E-state index in [9.17, 15) is 13.2 Å². The minimum atomic E-state index is -3.99. The van der Waals surface area contributed by atoms with Gasteiger partial charge in [0.15, 0.2) is 0 Å². The van der Waals surface area contributed by atoms with Gasteiger partial charge >= 0.3 is 0 Å². The zero-order chi connectivity index (χ0) is 15.1. The molecule has 110 valence electrons. The van der Waals surface area contributed by atoms with Crippen molar-refractivity contribution < 1.29 is 13.2 Å². The van der Waals surface area contributed by atoms with E-state index < -0.39 is 9.05 Å². The van der Waals surface area contributed by atoms with Crippen molar-refractivity contribution in [2.75, 3.05) is 0 Å². The molecule has 2 rings (SSSR count). The lowest BCUT2D eigenvalue weighted by atomic mass is 9.78. The number of hydrogen-bond acceptors (Lipinski definition) is 3. The number of benzene rings is 1. The van der Waals surface area contributed by atoms with E-state index in [1.807, 2.05) is 6.92 Å². The molecule has 8 heteroatoms. The Hall–Kier alpha value is -0.300. The summed E-state index contributed by atoms with van der Waals surface area (Å²) < 4.78 is 23.1. The molecule has 1 aromatic rings. The van der Waals surface area contributed by atoms with Crippen molar-refractivity contribution in [3.05, 3.63) is 27.2 Å². The first kappa shape index (κ1) is 16.1. The molecule has 1 aliphatic rings. The minimum Gasteiger partial charge on any atom is -0.347 e. The quantitative estimate of drug-likeness (QED) is 0.786. The van der Waals surface area contributed by atoms with Crippen LogP contribution in [0, 0.1) is 0 Å². The highest BCUT2D eigenvalue weighted by Gasteiger charge is 2.33. The van der Waals surface area contributed by atoms with Crippen LogP contribution in [-0.2, 0) is 9.05 Å². The molecule has 0 saturated heterocycles. The number of nitrogens with one attached hydrogen (secondary N) is 1. The van der Waals surface area contributed by atoms with Gasteiger partial charge in [-0.3, -0.25) is 4.79 Å². The third-order valence-electron chi connectivity index (χ3n) is 3.39. The number of rotatable bonds is 3. The summed E-state index contributed by atoms with van der Waals surface area (Å²) in [6.45, 7) is 1.95. The lowest BCUT2D eigenvalue weighted by Gasteiger charge is -2.39. The summed E-state index contributed by atoms with van der Waals surface area (Å²) in [4.78, 5) is 12.0. The molecular weight excluding hydrogens is 389 g/mol. The molecule has 1 aliphatic carbocycles. The molecule has 0 atom stereocenters. The lowest BCUT2D eigenvalue weighted by molar-refractivity contribution is 0.0850. The molecule has 20 heavy (non-hydrogen) atoms. The van der Waals surface area contributed by atoms with Crippen LogP contribution in [-0.4, -0.2) is 19.9 Å². The molecule has 0 radical (unpaired) electrons. The molecule has 1 N–H and O–H groups in total. The van der Waals surface area contributed by atoms with Gasteiger partial charge in [0.2, 0.25) is 0 Å². The maximum atomic E-state index is 12.2. The second-order valence-corrected chi connectivity index (χ2v) is 8.81. The molecular formula is C12H12BrCl2NO3S. The zero-order valence-corrected chi connectivity index (χ0v) is 14.5. The zero-order valence-electron chi connectivity index (χ0n) is 10.5. The van der Waals surface area contributed by atoms with Crippen LogP contribution < -0.4 is 5.32 Å². The molecule has 0 unspecified atom stereocenters. The normalized spacial score (nSPS) is 17.4. The highest BCUT2D eigenvalue weighted by atomic mass is 79.9. The van der Waals surface area contributed by atoms with Crippen molar-refractivity contribution in [1.82, 2.24) is 5.32 Å². The second-order valence-electron chi connectivity index (χ2n) is 5.08. The Kier molecular flexibility index (Phi) is 4.40. The maximum absolute atomic E-state index is 12.2. The standard InChI is InChI=1S/C12H12BrCl2NO3S/c1-12(3-2-4-12)16-11(17)7-5-8(14)10(13)9(6-7)20(15,18)19/h5-6H,2-4H2,1H3,(H,16,17). The summed E-state index contributed by atoms with van der Waals surface area (Å²) in [6.07, 6.45) is 2.88. The van der Waals surface area contributed by atoms with Crippen molar-refractivity contribution in [3.63, 3.8) is 0 Å². The van der Waals surface area contributed by atoms with E-state index in [2.05, 4.69) is 21.2 Å². The Bertz CT molecular complexity index is 672. The highest BCUT2D eigenvalue weighted by molar-refractivity contribution is 9.10. The third-order valence-corrected chi connectivity index (χ3v) is 6.38. The first-order valence-electron chi connectivity index (χ1n) is 5.89. The largest absolute Gasteiger partial charge is 0.347 e. The van der Waals surface area contributed by atoms with Gasteiger partial charge in [-0.1, -0.05) is 11.6 Å². The molecule has 4 nitrogen and oxygen atoms in total. The smallest absolute Gasteiger partial charge is 0.262 e. The van der Waals surface area contributed by atoms with Gasteiger partial charge in [-0.15, -0.1) is 0 Å². The van der Waals surface area contributed by atoms with Gasteiger partial charge in [0, 0.05) is 21.8 Å². The van der Waals surface area contributed by atoms with Gasteiger partial charge < -0.3 is 5.32 Å². The van der Waals surface area contributed by atoms with Crippen LogP contribution in [0.4, 0.5) is 0 Å². The number of carbonyl (C=O) groups is 1. The fourth-order valence-electron chi connectivity index (χ4n) is 2.05. The van der Waals surface area contributed by atoms with E-state index in [-0.39, 0.29) is 31.4 Å². The topological polar surface area (TPSA) is 63.2 Å². The van der Waals surface area contributed by atoms with Crippen LogP contribution in [0.25, 0.3) is 0 Å². The highest BCUT2D eigenvalue weighted by Crippen LogP contribution is 2.34. The third kappa shape index (κ3) is 3.30. The van der Waals surface area contributed by atoms with E-state index in [0.717, 1.165) is 19.3 Å². The van der Waals surface area contributed by atoms with Crippen LogP contribution >= 0.6 is 38.2 Å². The maximum Gasteiger partial charge on any atom is 0.262 e. The van der Waals surface area contributed by atoms with Crippen molar-refractivity contribution in [2.24, 2.45) is 0 Å². The summed E-state index contributed by atoms with van der Waals surface area (Å²) in [5.41, 5.74) is -0.0538. The second kappa shape index (κ2) is 5.48. The molecule has 0 spiro atoms. The molecule has 0 aromatic heterocycles. The van der Waals surface area contributed by atoms with Crippen LogP contribution in [0.1, 0.15) is 36.5 Å². The monoisotopic (exact) mass is 399 g/mol. The molecule has 1 saturated carbocycles. The summed E-state index contributed by atoms with van der Waals surface area (Å²) in [6, 6.07) is 2.63. The molecule has 1 fully saturated rings. The van der Waals surface area contributed by atoms with Crippen LogP contribution in [0.5, 0.6) is 0 Å². The molecule has 0 bridgehead atoms. The van der Waals surface area contributed by atoms with Gasteiger partial charge in [0.1, 0.15) is 0 Å². The average Bonchev–Trinajstić information content (AvgIpc) is 2.28. The Morgan fingerprint density at radius 3 is 2.45 bits per heavy atom. The van der Waals surface area contributed by atoms with Crippen molar-refractivity contribution in [2.45, 2.75) is 36.6 Å². The predicted molar refractivity (Wildman–Crippen MR) is 81.9 cm³/mol. The van der Waals surface area contributed by atoms with E-state index in [4.69, 9.17) is 22.3 Å². The molecule has 1 amide bonds. The van der Waals surface area contributed by atoms with Crippen molar-refractivity contribution >= 4 is 53.2 Å². The van der Waals surface area contributed by atoms with E-state index in [1.54, 1.807) is 0 Å². The number of halogens is 3. The molecule has 1 aromatic carbocycles. The number of amides is 1.